The molecular weight excluding hydrogens is 245 g/mol. The Morgan fingerprint density at radius 2 is 1.89 bits per heavy atom. The van der Waals surface area contributed by atoms with Gasteiger partial charge in [0.1, 0.15) is 5.82 Å². The van der Waals surface area contributed by atoms with Crippen LogP contribution in [0.1, 0.15) is 16.7 Å². The summed E-state index contributed by atoms with van der Waals surface area (Å²) in [7, 11) is 0. The third kappa shape index (κ3) is 3.12. The maximum Gasteiger partial charge on any atom is 0.124 e. The van der Waals surface area contributed by atoms with Gasteiger partial charge in [-0.15, -0.1) is 0 Å². The van der Waals surface area contributed by atoms with Gasteiger partial charge in [-0.05, 0) is 54.8 Å². The van der Waals surface area contributed by atoms with Crippen LogP contribution in [0.15, 0.2) is 46.2 Å². The molecule has 0 spiro atoms. The first kappa shape index (κ1) is 13.1. The van der Waals surface area contributed by atoms with Crippen LogP contribution in [0.25, 0.3) is 0 Å². The third-order valence-corrected chi connectivity index (χ3v) is 3.87. The fourth-order valence-corrected chi connectivity index (χ4v) is 2.85. The number of hydrogen-bond donors (Lipinski definition) is 1. The molecular formula is C15H16FNS. The van der Waals surface area contributed by atoms with Gasteiger partial charge in [0.15, 0.2) is 0 Å². The lowest BCUT2D eigenvalue weighted by Gasteiger charge is -2.08. The molecule has 18 heavy (non-hydrogen) atoms. The lowest BCUT2D eigenvalue weighted by atomic mass is 10.2. The molecule has 1 nitrogen and oxygen atoms in total. The Morgan fingerprint density at radius 1 is 1.11 bits per heavy atom. The van der Waals surface area contributed by atoms with E-state index in [-0.39, 0.29) is 5.82 Å². The second kappa shape index (κ2) is 5.55. The van der Waals surface area contributed by atoms with Gasteiger partial charge in [0, 0.05) is 16.3 Å². The van der Waals surface area contributed by atoms with Gasteiger partial charge >= 0.3 is 0 Å². The van der Waals surface area contributed by atoms with Gasteiger partial charge in [-0.2, -0.15) is 0 Å². The van der Waals surface area contributed by atoms with Gasteiger partial charge in [0.25, 0.3) is 0 Å². The van der Waals surface area contributed by atoms with E-state index in [0.29, 0.717) is 6.54 Å². The topological polar surface area (TPSA) is 26.0 Å². The van der Waals surface area contributed by atoms with Crippen molar-refractivity contribution in [2.45, 2.75) is 30.2 Å². The molecule has 0 aromatic heterocycles. The molecule has 0 aliphatic rings. The monoisotopic (exact) mass is 261 g/mol. The molecule has 0 atom stereocenters. The van der Waals surface area contributed by atoms with Gasteiger partial charge < -0.3 is 5.73 Å². The van der Waals surface area contributed by atoms with Crippen LogP contribution >= 0.6 is 11.8 Å². The minimum atomic E-state index is -0.231. The van der Waals surface area contributed by atoms with Crippen molar-refractivity contribution in [1.29, 1.82) is 0 Å². The predicted octanol–water partition coefficient (Wildman–Crippen LogP) is 4.05. The summed E-state index contributed by atoms with van der Waals surface area (Å²) >= 11 is 1.58. The first-order chi connectivity index (χ1) is 8.58. The Hall–Kier alpha value is -1.32. The average molecular weight is 261 g/mol. The quantitative estimate of drug-likeness (QED) is 0.902. The van der Waals surface area contributed by atoms with Gasteiger partial charge in [-0.25, -0.2) is 4.39 Å². The summed E-state index contributed by atoms with van der Waals surface area (Å²) in [6.07, 6.45) is 0. The van der Waals surface area contributed by atoms with Crippen molar-refractivity contribution in [3.8, 4) is 0 Å². The van der Waals surface area contributed by atoms with E-state index in [1.165, 1.54) is 17.2 Å². The SMILES string of the molecule is Cc1ccc(C)c(Sc2cc(F)cc(CN)c2)c1. The molecule has 0 bridgehead atoms. The highest BCUT2D eigenvalue weighted by Gasteiger charge is 2.05. The molecule has 0 aliphatic carbocycles. The van der Waals surface area contributed by atoms with Gasteiger partial charge in [0.2, 0.25) is 0 Å². The standard InChI is InChI=1S/C15H16FNS/c1-10-3-4-11(2)15(5-10)18-14-7-12(9-17)6-13(16)8-14/h3-8H,9,17H2,1-2H3. The number of rotatable bonds is 3. The van der Waals surface area contributed by atoms with Crippen LogP contribution in [-0.2, 0) is 6.54 Å². The van der Waals surface area contributed by atoms with E-state index in [1.54, 1.807) is 17.8 Å². The van der Waals surface area contributed by atoms with Crippen LogP contribution in [0, 0.1) is 19.7 Å². The van der Waals surface area contributed by atoms with Crippen molar-refractivity contribution >= 4 is 11.8 Å². The molecule has 2 N–H and O–H groups in total. The third-order valence-electron chi connectivity index (χ3n) is 2.74. The molecule has 0 aliphatic heterocycles. The molecule has 0 amide bonds. The molecule has 2 aromatic carbocycles. The Morgan fingerprint density at radius 3 is 2.61 bits per heavy atom. The van der Waals surface area contributed by atoms with E-state index in [4.69, 9.17) is 5.73 Å². The van der Waals surface area contributed by atoms with E-state index < -0.39 is 0 Å². The normalized spacial score (nSPS) is 10.7. The predicted molar refractivity (Wildman–Crippen MR) is 74.3 cm³/mol. The summed E-state index contributed by atoms with van der Waals surface area (Å²) in [6.45, 7) is 4.48. The first-order valence-corrected chi connectivity index (χ1v) is 6.65. The Kier molecular flexibility index (Phi) is 4.04. The van der Waals surface area contributed by atoms with Crippen molar-refractivity contribution in [2.75, 3.05) is 0 Å². The fourth-order valence-electron chi connectivity index (χ4n) is 1.74. The molecule has 2 aromatic rings. The van der Waals surface area contributed by atoms with Gasteiger partial charge in [-0.3, -0.25) is 0 Å². The highest BCUT2D eigenvalue weighted by Crippen LogP contribution is 2.31. The number of aryl methyl sites for hydroxylation is 2. The van der Waals surface area contributed by atoms with Crippen LogP contribution in [0.4, 0.5) is 4.39 Å². The molecule has 3 heteroatoms. The zero-order valence-electron chi connectivity index (χ0n) is 10.5. The van der Waals surface area contributed by atoms with Crippen molar-refractivity contribution in [2.24, 2.45) is 5.73 Å². The van der Waals surface area contributed by atoms with Crippen molar-refractivity contribution in [3.05, 3.63) is 58.9 Å². The summed E-state index contributed by atoms with van der Waals surface area (Å²) in [5, 5.41) is 0. The molecule has 0 heterocycles. The Bertz CT molecular complexity index is 566. The lowest BCUT2D eigenvalue weighted by Crippen LogP contribution is -1.97. The van der Waals surface area contributed by atoms with Crippen molar-refractivity contribution in [1.82, 2.24) is 0 Å². The smallest absolute Gasteiger partial charge is 0.124 e. The Labute approximate surface area is 111 Å². The first-order valence-electron chi connectivity index (χ1n) is 5.83. The number of nitrogens with two attached hydrogens (primary N) is 1. The highest BCUT2D eigenvalue weighted by atomic mass is 32.2. The maximum absolute atomic E-state index is 13.4. The molecule has 0 unspecified atom stereocenters. The van der Waals surface area contributed by atoms with Crippen LogP contribution in [0.2, 0.25) is 0 Å². The average Bonchev–Trinajstić information content (AvgIpc) is 2.33. The van der Waals surface area contributed by atoms with Crippen molar-refractivity contribution < 1.29 is 4.39 Å². The van der Waals surface area contributed by atoms with Crippen LogP contribution in [-0.4, -0.2) is 0 Å². The molecule has 0 saturated carbocycles. The minimum Gasteiger partial charge on any atom is -0.326 e. The molecule has 0 radical (unpaired) electrons. The molecule has 0 fully saturated rings. The van der Waals surface area contributed by atoms with Crippen LogP contribution in [0.5, 0.6) is 0 Å². The minimum absolute atomic E-state index is 0.231. The van der Waals surface area contributed by atoms with Crippen molar-refractivity contribution in [3.63, 3.8) is 0 Å². The largest absolute Gasteiger partial charge is 0.326 e. The number of hydrogen-bond acceptors (Lipinski definition) is 2. The zero-order valence-corrected chi connectivity index (χ0v) is 11.4. The van der Waals surface area contributed by atoms with Crippen LogP contribution < -0.4 is 5.73 Å². The van der Waals surface area contributed by atoms with Crippen LogP contribution in [0.3, 0.4) is 0 Å². The van der Waals surface area contributed by atoms with Gasteiger partial charge in [-0.1, -0.05) is 23.9 Å². The highest BCUT2D eigenvalue weighted by molar-refractivity contribution is 7.99. The molecule has 94 valence electrons. The summed E-state index contributed by atoms with van der Waals surface area (Å²) in [5.41, 5.74) is 8.79. The lowest BCUT2D eigenvalue weighted by molar-refractivity contribution is 0.621. The number of halogens is 1. The molecule has 2 rings (SSSR count). The van der Waals surface area contributed by atoms with Gasteiger partial charge in [0.05, 0.1) is 0 Å². The maximum atomic E-state index is 13.4. The summed E-state index contributed by atoms with van der Waals surface area (Å²) in [4.78, 5) is 2.05. The zero-order chi connectivity index (χ0) is 13.1. The van der Waals surface area contributed by atoms with E-state index in [1.807, 2.05) is 6.07 Å². The second-order valence-electron chi connectivity index (χ2n) is 4.37. The summed E-state index contributed by atoms with van der Waals surface area (Å²) < 4.78 is 13.4. The van der Waals surface area contributed by atoms with E-state index in [9.17, 15) is 4.39 Å². The second-order valence-corrected chi connectivity index (χ2v) is 5.49. The van der Waals surface area contributed by atoms with E-state index >= 15 is 0 Å². The fraction of sp³-hybridized carbons (Fsp3) is 0.200. The van der Waals surface area contributed by atoms with E-state index in [2.05, 4.69) is 32.0 Å². The Balaban J connectivity index is 2.33. The molecule has 0 saturated heterocycles. The van der Waals surface area contributed by atoms with E-state index in [0.717, 1.165) is 15.4 Å². The number of benzene rings is 2. The summed E-state index contributed by atoms with van der Waals surface area (Å²) in [6, 6.07) is 11.2. The summed E-state index contributed by atoms with van der Waals surface area (Å²) in [5.74, 6) is -0.231.